The van der Waals surface area contributed by atoms with Crippen LogP contribution in [0.25, 0.3) is 0 Å². The molecule has 0 atom stereocenters. The van der Waals surface area contributed by atoms with Crippen molar-refractivity contribution in [1.82, 2.24) is 10.3 Å². The van der Waals surface area contributed by atoms with Crippen molar-refractivity contribution in [3.63, 3.8) is 0 Å². The summed E-state index contributed by atoms with van der Waals surface area (Å²) in [6.07, 6.45) is 5.56. The number of aryl methyl sites for hydroxylation is 1. The van der Waals surface area contributed by atoms with Gasteiger partial charge in [0, 0.05) is 24.2 Å². The van der Waals surface area contributed by atoms with Crippen molar-refractivity contribution in [3.8, 4) is 0 Å². The van der Waals surface area contributed by atoms with Crippen LogP contribution in [0.15, 0.2) is 5.38 Å². The van der Waals surface area contributed by atoms with E-state index in [0.29, 0.717) is 5.41 Å². The van der Waals surface area contributed by atoms with Crippen molar-refractivity contribution >= 4 is 11.3 Å². The first-order valence-electron chi connectivity index (χ1n) is 5.86. The van der Waals surface area contributed by atoms with Crippen LogP contribution in [0.1, 0.15) is 43.3 Å². The second kappa shape index (κ2) is 4.62. The summed E-state index contributed by atoms with van der Waals surface area (Å²) in [6, 6.07) is 0. The molecule has 0 amide bonds. The van der Waals surface area contributed by atoms with Crippen molar-refractivity contribution < 1.29 is 0 Å². The summed E-state index contributed by atoms with van der Waals surface area (Å²) in [5.41, 5.74) is 1.76. The molecule has 0 aromatic carbocycles. The summed E-state index contributed by atoms with van der Waals surface area (Å²) < 4.78 is 0. The zero-order valence-electron chi connectivity index (χ0n) is 9.68. The summed E-state index contributed by atoms with van der Waals surface area (Å²) in [7, 11) is 0. The summed E-state index contributed by atoms with van der Waals surface area (Å²) in [5.74, 6) is 0. The fourth-order valence-corrected chi connectivity index (χ4v) is 2.99. The molecule has 1 aromatic rings. The second-order valence-electron chi connectivity index (χ2n) is 4.69. The Morgan fingerprint density at radius 3 is 2.80 bits per heavy atom. The second-order valence-corrected chi connectivity index (χ2v) is 5.64. The molecule has 3 heteroatoms. The maximum Gasteiger partial charge on any atom is 0.107 e. The highest BCUT2D eigenvalue weighted by Gasteiger charge is 2.34. The molecule has 0 spiro atoms. The number of hydrogen-bond donors (Lipinski definition) is 1. The molecule has 15 heavy (non-hydrogen) atoms. The van der Waals surface area contributed by atoms with Gasteiger partial charge >= 0.3 is 0 Å². The van der Waals surface area contributed by atoms with E-state index in [9.17, 15) is 0 Å². The van der Waals surface area contributed by atoms with Crippen LogP contribution in [0, 0.1) is 12.3 Å². The van der Waals surface area contributed by atoms with E-state index in [1.54, 1.807) is 11.3 Å². The van der Waals surface area contributed by atoms with E-state index in [1.807, 2.05) is 0 Å². The van der Waals surface area contributed by atoms with Crippen molar-refractivity contribution in [1.29, 1.82) is 0 Å². The Kier molecular flexibility index (Phi) is 3.42. The summed E-state index contributed by atoms with van der Waals surface area (Å²) in [6.45, 7) is 6.48. The van der Waals surface area contributed by atoms with Gasteiger partial charge in [-0.25, -0.2) is 4.98 Å². The Balaban J connectivity index is 1.74. The molecule has 0 saturated heterocycles. The average molecular weight is 224 g/mol. The highest BCUT2D eigenvalue weighted by molar-refractivity contribution is 7.09. The van der Waals surface area contributed by atoms with Crippen LogP contribution >= 0.6 is 11.3 Å². The summed E-state index contributed by atoms with van der Waals surface area (Å²) >= 11 is 1.76. The number of thiazole rings is 1. The van der Waals surface area contributed by atoms with E-state index >= 15 is 0 Å². The number of rotatable bonds is 5. The van der Waals surface area contributed by atoms with E-state index in [4.69, 9.17) is 0 Å². The number of hydrogen-bond acceptors (Lipinski definition) is 3. The van der Waals surface area contributed by atoms with Crippen molar-refractivity contribution in [2.24, 2.45) is 5.41 Å². The lowest BCUT2D eigenvalue weighted by Crippen LogP contribution is -2.39. The number of nitrogens with one attached hydrogen (secondary N) is 1. The van der Waals surface area contributed by atoms with Crippen LogP contribution in [0.3, 0.4) is 0 Å². The van der Waals surface area contributed by atoms with Crippen molar-refractivity contribution in [2.45, 2.75) is 46.1 Å². The van der Waals surface area contributed by atoms with Gasteiger partial charge in [0.15, 0.2) is 0 Å². The third-order valence-corrected chi connectivity index (χ3v) is 4.57. The average Bonchev–Trinajstić information content (AvgIpc) is 2.56. The van der Waals surface area contributed by atoms with Crippen molar-refractivity contribution in [2.75, 3.05) is 6.54 Å². The quantitative estimate of drug-likeness (QED) is 0.831. The standard InChI is InChI=1S/C12H20N2S/c1-3-12(5-4-6-12)9-13-7-11-14-10(2)8-15-11/h8,13H,3-7,9H2,1-2H3. The lowest BCUT2D eigenvalue weighted by atomic mass is 9.67. The predicted octanol–water partition coefficient (Wildman–Crippen LogP) is 3.12. The lowest BCUT2D eigenvalue weighted by molar-refractivity contribution is 0.124. The molecule has 0 radical (unpaired) electrons. The van der Waals surface area contributed by atoms with Gasteiger partial charge in [-0.05, 0) is 31.6 Å². The van der Waals surface area contributed by atoms with Crippen LogP contribution < -0.4 is 5.32 Å². The zero-order chi connectivity index (χ0) is 10.7. The van der Waals surface area contributed by atoms with Crippen LogP contribution in [0.4, 0.5) is 0 Å². The Labute approximate surface area is 96.1 Å². The number of nitrogens with zero attached hydrogens (tertiary/aromatic N) is 1. The minimum atomic E-state index is 0.617. The molecule has 1 aromatic heterocycles. The van der Waals surface area contributed by atoms with Crippen LogP contribution in [-0.2, 0) is 6.54 Å². The van der Waals surface area contributed by atoms with Gasteiger partial charge in [-0.3, -0.25) is 0 Å². The Bertz CT molecular complexity index is 310. The smallest absolute Gasteiger partial charge is 0.107 e. The van der Waals surface area contributed by atoms with E-state index in [0.717, 1.165) is 12.2 Å². The van der Waals surface area contributed by atoms with Crippen molar-refractivity contribution in [3.05, 3.63) is 16.1 Å². The highest BCUT2D eigenvalue weighted by atomic mass is 32.1. The fraction of sp³-hybridized carbons (Fsp3) is 0.750. The zero-order valence-corrected chi connectivity index (χ0v) is 10.5. The molecular formula is C12H20N2S. The van der Waals surface area contributed by atoms with Gasteiger partial charge in [-0.2, -0.15) is 0 Å². The van der Waals surface area contributed by atoms with Crippen LogP contribution in [0.5, 0.6) is 0 Å². The molecule has 1 saturated carbocycles. The monoisotopic (exact) mass is 224 g/mol. The molecule has 1 aliphatic carbocycles. The maximum atomic E-state index is 4.46. The molecule has 1 heterocycles. The van der Waals surface area contributed by atoms with Crippen LogP contribution in [0.2, 0.25) is 0 Å². The predicted molar refractivity (Wildman–Crippen MR) is 65.1 cm³/mol. The third kappa shape index (κ3) is 2.58. The summed E-state index contributed by atoms with van der Waals surface area (Å²) in [4.78, 5) is 4.46. The molecule has 1 aliphatic rings. The van der Waals surface area contributed by atoms with Gasteiger partial charge in [-0.15, -0.1) is 11.3 Å². The molecule has 2 rings (SSSR count). The van der Waals surface area contributed by atoms with Gasteiger partial charge in [0.25, 0.3) is 0 Å². The molecule has 1 N–H and O–H groups in total. The molecule has 2 nitrogen and oxygen atoms in total. The van der Waals surface area contributed by atoms with Gasteiger partial charge in [0.2, 0.25) is 0 Å². The molecule has 0 unspecified atom stereocenters. The van der Waals surface area contributed by atoms with E-state index in [1.165, 1.54) is 37.2 Å². The Morgan fingerprint density at radius 2 is 2.33 bits per heavy atom. The van der Waals surface area contributed by atoms with Gasteiger partial charge < -0.3 is 5.32 Å². The maximum absolute atomic E-state index is 4.46. The minimum Gasteiger partial charge on any atom is -0.310 e. The number of aromatic nitrogens is 1. The molecule has 1 fully saturated rings. The lowest BCUT2D eigenvalue weighted by Gasteiger charge is -2.41. The van der Waals surface area contributed by atoms with Gasteiger partial charge in [-0.1, -0.05) is 13.3 Å². The van der Waals surface area contributed by atoms with Gasteiger partial charge in [0.1, 0.15) is 5.01 Å². The molecular weight excluding hydrogens is 204 g/mol. The Morgan fingerprint density at radius 1 is 1.53 bits per heavy atom. The largest absolute Gasteiger partial charge is 0.310 e. The highest BCUT2D eigenvalue weighted by Crippen LogP contribution is 2.43. The topological polar surface area (TPSA) is 24.9 Å². The third-order valence-electron chi connectivity index (χ3n) is 3.61. The van der Waals surface area contributed by atoms with E-state index in [-0.39, 0.29) is 0 Å². The van der Waals surface area contributed by atoms with E-state index < -0.39 is 0 Å². The van der Waals surface area contributed by atoms with Crippen LogP contribution in [-0.4, -0.2) is 11.5 Å². The summed E-state index contributed by atoms with van der Waals surface area (Å²) in [5, 5.41) is 6.90. The Hall–Kier alpha value is -0.410. The first kappa shape index (κ1) is 11.1. The first-order valence-corrected chi connectivity index (χ1v) is 6.74. The normalized spacial score (nSPS) is 18.8. The van der Waals surface area contributed by atoms with Gasteiger partial charge in [0.05, 0.1) is 0 Å². The van der Waals surface area contributed by atoms with E-state index in [2.05, 4.69) is 29.5 Å². The first-order chi connectivity index (χ1) is 7.24. The SMILES string of the molecule is CCC1(CNCc2nc(C)cs2)CCC1. The fourth-order valence-electron chi connectivity index (χ4n) is 2.25. The molecule has 0 aliphatic heterocycles. The molecule has 0 bridgehead atoms. The molecule has 84 valence electrons. The minimum absolute atomic E-state index is 0.617.